The van der Waals surface area contributed by atoms with E-state index in [4.69, 9.17) is 10.6 Å². The molecule has 7 nitrogen and oxygen atoms in total. The lowest BCUT2D eigenvalue weighted by Gasteiger charge is -2.10. The van der Waals surface area contributed by atoms with Gasteiger partial charge < -0.3 is 15.9 Å². The molecule has 0 bridgehead atoms. The van der Waals surface area contributed by atoms with Crippen LogP contribution >= 0.6 is 11.8 Å². The molecule has 140 valence electrons. The van der Waals surface area contributed by atoms with Crippen molar-refractivity contribution in [2.24, 2.45) is 0 Å². The zero-order valence-corrected chi connectivity index (χ0v) is 15.6. The van der Waals surface area contributed by atoms with E-state index in [1.165, 1.54) is 17.9 Å². The first-order valence-electron chi connectivity index (χ1n) is 8.02. The Bertz CT molecular complexity index is 976. The van der Waals surface area contributed by atoms with Crippen molar-refractivity contribution in [1.29, 1.82) is 0 Å². The molecule has 0 atom stereocenters. The van der Waals surface area contributed by atoms with Gasteiger partial charge in [0.25, 0.3) is 0 Å². The molecule has 27 heavy (non-hydrogen) atoms. The molecule has 1 amide bonds. The Hall–Kier alpha value is -3.07. The van der Waals surface area contributed by atoms with Gasteiger partial charge in [0, 0.05) is 0 Å². The minimum atomic E-state index is -0.447. The van der Waals surface area contributed by atoms with Crippen molar-refractivity contribution in [1.82, 2.24) is 14.9 Å². The van der Waals surface area contributed by atoms with Gasteiger partial charge in [-0.25, -0.2) is 9.07 Å². The summed E-state index contributed by atoms with van der Waals surface area (Å²) < 4.78 is 20.3. The largest absolute Gasteiger partial charge is 0.495 e. The van der Waals surface area contributed by atoms with Crippen LogP contribution < -0.4 is 15.9 Å². The summed E-state index contributed by atoms with van der Waals surface area (Å²) in [6.45, 7) is 1.92. The number of hydrogen-bond acceptors (Lipinski definition) is 6. The van der Waals surface area contributed by atoms with Crippen LogP contribution in [0.2, 0.25) is 0 Å². The Morgan fingerprint density at radius 1 is 1.30 bits per heavy atom. The van der Waals surface area contributed by atoms with E-state index in [2.05, 4.69) is 15.5 Å². The highest BCUT2D eigenvalue weighted by atomic mass is 32.2. The summed E-state index contributed by atoms with van der Waals surface area (Å²) in [6.07, 6.45) is 0. The van der Waals surface area contributed by atoms with E-state index in [9.17, 15) is 9.18 Å². The fraction of sp³-hybridized carbons (Fsp3) is 0.167. The average molecular weight is 387 g/mol. The maximum atomic E-state index is 13.9. The summed E-state index contributed by atoms with van der Waals surface area (Å²) in [5.41, 5.74) is 1.83. The van der Waals surface area contributed by atoms with Gasteiger partial charge in [-0.1, -0.05) is 30.0 Å². The first-order chi connectivity index (χ1) is 13.0. The molecular weight excluding hydrogens is 369 g/mol. The molecule has 9 heteroatoms. The zero-order chi connectivity index (χ0) is 19.4. The van der Waals surface area contributed by atoms with Crippen molar-refractivity contribution in [3.8, 4) is 17.1 Å². The van der Waals surface area contributed by atoms with E-state index in [1.807, 2.05) is 19.1 Å². The highest BCUT2D eigenvalue weighted by molar-refractivity contribution is 7.99. The number of nitrogens with two attached hydrogens (primary N) is 1. The molecule has 3 aromatic rings. The van der Waals surface area contributed by atoms with Gasteiger partial charge in [-0.2, -0.15) is 0 Å². The molecule has 0 fully saturated rings. The summed E-state index contributed by atoms with van der Waals surface area (Å²) in [5, 5.41) is 11.0. The molecule has 0 aliphatic carbocycles. The van der Waals surface area contributed by atoms with Gasteiger partial charge >= 0.3 is 0 Å². The van der Waals surface area contributed by atoms with Crippen molar-refractivity contribution >= 4 is 23.4 Å². The maximum Gasteiger partial charge on any atom is 0.234 e. The van der Waals surface area contributed by atoms with Crippen LogP contribution in [0.15, 0.2) is 47.6 Å². The summed E-state index contributed by atoms with van der Waals surface area (Å²) in [5.74, 6) is 6.09. The number of carbonyl (C=O) groups excluding carboxylic acids is 1. The SMILES string of the molecule is COc1ccc(C)cc1NC(=O)CSc1nnc(-c2ccccc2F)n1N. The number of halogens is 1. The normalized spacial score (nSPS) is 10.6. The first-order valence-corrected chi connectivity index (χ1v) is 9.01. The number of carbonyl (C=O) groups is 1. The lowest BCUT2D eigenvalue weighted by Crippen LogP contribution is -2.17. The van der Waals surface area contributed by atoms with Crippen molar-refractivity contribution in [3.05, 3.63) is 53.8 Å². The van der Waals surface area contributed by atoms with Gasteiger partial charge in [0.1, 0.15) is 11.6 Å². The monoisotopic (exact) mass is 387 g/mol. The Morgan fingerprint density at radius 3 is 2.81 bits per heavy atom. The number of methoxy groups -OCH3 is 1. The smallest absolute Gasteiger partial charge is 0.234 e. The zero-order valence-electron chi connectivity index (χ0n) is 14.8. The van der Waals surface area contributed by atoms with Crippen LogP contribution in [0.1, 0.15) is 5.56 Å². The second-order valence-corrected chi connectivity index (χ2v) is 6.64. The Balaban J connectivity index is 1.68. The molecular formula is C18H18FN5O2S. The van der Waals surface area contributed by atoms with Crippen molar-refractivity contribution in [2.75, 3.05) is 24.0 Å². The van der Waals surface area contributed by atoms with Gasteiger partial charge in [0.2, 0.25) is 11.1 Å². The number of anilines is 1. The number of benzene rings is 2. The van der Waals surface area contributed by atoms with Crippen LogP contribution in [0, 0.1) is 12.7 Å². The fourth-order valence-electron chi connectivity index (χ4n) is 2.44. The number of nitrogens with zero attached hydrogens (tertiary/aromatic N) is 3. The molecule has 3 N–H and O–H groups in total. The van der Waals surface area contributed by atoms with E-state index in [0.717, 1.165) is 17.3 Å². The number of ether oxygens (including phenoxy) is 1. The predicted molar refractivity (Wildman–Crippen MR) is 103 cm³/mol. The summed E-state index contributed by atoms with van der Waals surface area (Å²) in [4.78, 5) is 12.3. The minimum absolute atomic E-state index is 0.0592. The number of hydrogen-bond donors (Lipinski definition) is 2. The topological polar surface area (TPSA) is 95.1 Å². The second kappa shape index (κ2) is 8.09. The molecule has 0 radical (unpaired) electrons. The summed E-state index contributed by atoms with van der Waals surface area (Å²) in [6, 6.07) is 11.6. The highest BCUT2D eigenvalue weighted by Gasteiger charge is 2.16. The Morgan fingerprint density at radius 2 is 2.07 bits per heavy atom. The van der Waals surface area contributed by atoms with Crippen LogP contribution in [0.5, 0.6) is 5.75 Å². The van der Waals surface area contributed by atoms with Crippen LogP contribution in [0.4, 0.5) is 10.1 Å². The molecule has 3 rings (SSSR count). The first kappa shape index (κ1) is 18.7. The van der Waals surface area contributed by atoms with Crippen LogP contribution in [0.3, 0.4) is 0 Å². The Labute approximate surface area is 159 Å². The number of rotatable bonds is 6. The standard InChI is InChI=1S/C18H18FN5O2S/c1-11-7-8-15(26-2)14(9-11)21-16(25)10-27-18-23-22-17(24(18)20)12-5-3-4-6-13(12)19/h3-9H,10,20H2,1-2H3,(H,21,25). The molecule has 0 saturated heterocycles. The molecule has 1 heterocycles. The molecule has 0 saturated carbocycles. The van der Waals surface area contributed by atoms with Gasteiger partial charge in [0.15, 0.2) is 5.82 Å². The number of nitrogen functional groups attached to an aromatic ring is 1. The van der Waals surface area contributed by atoms with Crippen LogP contribution in [0.25, 0.3) is 11.4 Å². The second-order valence-electron chi connectivity index (χ2n) is 5.70. The molecule has 2 aromatic carbocycles. The summed E-state index contributed by atoms with van der Waals surface area (Å²) >= 11 is 1.10. The van der Waals surface area contributed by atoms with Gasteiger partial charge in [-0.15, -0.1) is 10.2 Å². The van der Waals surface area contributed by atoms with Crippen molar-refractivity contribution in [2.45, 2.75) is 12.1 Å². The lowest BCUT2D eigenvalue weighted by molar-refractivity contribution is -0.113. The maximum absolute atomic E-state index is 13.9. The van der Waals surface area contributed by atoms with E-state index in [-0.39, 0.29) is 23.0 Å². The number of amides is 1. The lowest BCUT2D eigenvalue weighted by atomic mass is 10.2. The van der Waals surface area contributed by atoms with Crippen molar-refractivity contribution < 1.29 is 13.9 Å². The van der Waals surface area contributed by atoms with E-state index in [1.54, 1.807) is 24.3 Å². The fourth-order valence-corrected chi connectivity index (χ4v) is 3.09. The number of aromatic nitrogens is 3. The van der Waals surface area contributed by atoms with Gasteiger partial charge in [-0.3, -0.25) is 4.79 Å². The van der Waals surface area contributed by atoms with Crippen LogP contribution in [-0.2, 0) is 4.79 Å². The third-order valence-electron chi connectivity index (χ3n) is 3.74. The van der Waals surface area contributed by atoms with E-state index in [0.29, 0.717) is 16.6 Å². The number of thioether (sulfide) groups is 1. The predicted octanol–water partition coefficient (Wildman–Crippen LogP) is 2.85. The van der Waals surface area contributed by atoms with Crippen molar-refractivity contribution in [3.63, 3.8) is 0 Å². The quantitative estimate of drug-likeness (QED) is 0.499. The number of aryl methyl sites for hydroxylation is 1. The van der Waals surface area contributed by atoms with E-state index < -0.39 is 5.82 Å². The molecule has 0 aliphatic heterocycles. The molecule has 1 aromatic heterocycles. The van der Waals surface area contributed by atoms with E-state index >= 15 is 0 Å². The van der Waals surface area contributed by atoms with Gasteiger partial charge in [-0.05, 0) is 36.8 Å². The van der Waals surface area contributed by atoms with Gasteiger partial charge in [0.05, 0.1) is 24.1 Å². The average Bonchev–Trinajstić information content (AvgIpc) is 3.01. The van der Waals surface area contributed by atoms with Crippen LogP contribution in [-0.4, -0.2) is 33.6 Å². The minimum Gasteiger partial charge on any atom is -0.495 e. The third kappa shape index (κ3) is 4.20. The highest BCUT2D eigenvalue weighted by Crippen LogP contribution is 2.26. The third-order valence-corrected chi connectivity index (χ3v) is 4.68. The molecule has 0 aliphatic rings. The molecule has 0 spiro atoms. The Kier molecular flexibility index (Phi) is 5.60. The summed E-state index contributed by atoms with van der Waals surface area (Å²) in [7, 11) is 1.54. The molecule has 0 unspecified atom stereocenters. The number of nitrogens with one attached hydrogen (secondary N) is 1.